The number of amides is 2. The van der Waals surface area contributed by atoms with E-state index < -0.39 is 11.5 Å². The summed E-state index contributed by atoms with van der Waals surface area (Å²) in [5.41, 5.74) is -1.26. The van der Waals surface area contributed by atoms with Crippen LogP contribution in [0.15, 0.2) is 0 Å². The Labute approximate surface area is 126 Å². The first-order valence-electron chi connectivity index (χ1n) is 7.78. The molecule has 0 radical (unpaired) electrons. The minimum Gasteiger partial charge on any atom is -0.480 e. The van der Waals surface area contributed by atoms with Gasteiger partial charge in [-0.1, -0.05) is 19.3 Å². The van der Waals surface area contributed by atoms with Gasteiger partial charge in [-0.25, -0.2) is 9.59 Å². The van der Waals surface area contributed by atoms with Crippen molar-refractivity contribution >= 4 is 12.0 Å². The van der Waals surface area contributed by atoms with Crippen LogP contribution >= 0.6 is 0 Å². The third kappa shape index (κ3) is 4.09. The normalized spacial score (nSPS) is 16.6. The van der Waals surface area contributed by atoms with Crippen molar-refractivity contribution in [3.63, 3.8) is 0 Å². The van der Waals surface area contributed by atoms with Crippen molar-refractivity contribution in [2.45, 2.75) is 64.5 Å². The van der Waals surface area contributed by atoms with Crippen molar-refractivity contribution in [1.29, 1.82) is 0 Å². The largest absolute Gasteiger partial charge is 0.480 e. The minimum absolute atomic E-state index is 0.104. The van der Waals surface area contributed by atoms with Gasteiger partial charge < -0.3 is 20.0 Å². The molecule has 0 heterocycles. The van der Waals surface area contributed by atoms with Crippen LogP contribution in [-0.4, -0.2) is 63.3 Å². The molecule has 1 aliphatic rings. The van der Waals surface area contributed by atoms with E-state index in [0.29, 0.717) is 6.54 Å². The van der Waals surface area contributed by atoms with Gasteiger partial charge in [-0.2, -0.15) is 0 Å². The predicted molar refractivity (Wildman–Crippen MR) is 80.2 cm³/mol. The van der Waals surface area contributed by atoms with Gasteiger partial charge >= 0.3 is 12.0 Å². The Morgan fingerprint density at radius 1 is 1.19 bits per heavy atom. The molecule has 21 heavy (non-hydrogen) atoms. The SMILES string of the molecule is CCN(C(=O)N(CCO)C1CCCCC1)C(C)(C)C(=O)O. The van der Waals surface area contributed by atoms with Crippen molar-refractivity contribution in [1.82, 2.24) is 9.80 Å². The summed E-state index contributed by atoms with van der Waals surface area (Å²) in [4.78, 5) is 27.2. The number of rotatable bonds is 6. The molecule has 2 amide bonds. The van der Waals surface area contributed by atoms with Gasteiger partial charge in [-0.3, -0.25) is 0 Å². The molecule has 0 spiro atoms. The molecule has 1 rings (SSSR count). The molecule has 0 unspecified atom stereocenters. The molecule has 1 aliphatic carbocycles. The van der Waals surface area contributed by atoms with Gasteiger partial charge in [-0.15, -0.1) is 0 Å². The number of carbonyl (C=O) groups is 2. The molecule has 2 N–H and O–H groups in total. The zero-order valence-electron chi connectivity index (χ0n) is 13.3. The van der Waals surface area contributed by atoms with Crippen molar-refractivity contribution in [3.05, 3.63) is 0 Å². The Kier molecular flexibility index (Phi) is 6.45. The number of hydrogen-bond acceptors (Lipinski definition) is 3. The summed E-state index contributed by atoms with van der Waals surface area (Å²) < 4.78 is 0. The van der Waals surface area contributed by atoms with E-state index in [1.165, 1.54) is 25.2 Å². The second-order valence-electron chi connectivity index (χ2n) is 6.10. The van der Waals surface area contributed by atoms with E-state index in [1.54, 1.807) is 11.8 Å². The highest BCUT2D eigenvalue weighted by atomic mass is 16.4. The first-order chi connectivity index (χ1) is 9.86. The molecule has 0 aromatic carbocycles. The molecule has 6 heteroatoms. The van der Waals surface area contributed by atoms with Gasteiger partial charge in [0.15, 0.2) is 0 Å². The fourth-order valence-corrected chi connectivity index (χ4v) is 2.98. The number of hydrogen-bond donors (Lipinski definition) is 2. The van der Waals surface area contributed by atoms with Crippen molar-refractivity contribution in [2.24, 2.45) is 0 Å². The Hall–Kier alpha value is -1.30. The van der Waals surface area contributed by atoms with E-state index >= 15 is 0 Å². The lowest BCUT2D eigenvalue weighted by Crippen LogP contribution is -2.59. The standard InChI is InChI=1S/C15H28N2O4/c1-4-17(15(2,3)13(19)20)14(21)16(10-11-18)12-8-6-5-7-9-12/h12,18H,4-11H2,1-3H3,(H,19,20). The Bertz CT molecular complexity index is 365. The predicted octanol–water partition coefficient (Wildman–Crippen LogP) is 1.92. The van der Waals surface area contributed by atoms with E-state index in [0.717, 1.165) is 25.7 Å². The lowest BCUT2D eigenvalue weighted by molar-refractivity contribution is -0.147. The molecule has 0 atom stereocenters. The summed E-state index contributed by atoms with van der Waals surface area (Å²) in [6.45, 7) is 5.33. The van der Waals surface area contributed by atoms with Gasteiger partial charge in [0.25, 0.3) is 0 Å². The first kappa shape index (κ1) is 17.8. The van der Waals surface area contributed by atoms with Crippen LogP contribution in [0.2, 0.25) is 0 Å². The number of carboxylic acid groups (broad SMARTS) is 1. The Morgan fingerprint density at radius 3 is 2.19 bits per heavy atom. The maximum Gasteiger partial charge on any atom is 0.329 e. The third-order valence-electron chi connectivity index (χ3n) is 4.35. The van der Waals surface area contributed by atoms with E-state index in [9.17, 15) is 19.8 Å². The van der Waals surface area contributed by atoms with Crippen LogP contribution < -0.4 is 0 Å². The maximum atomic E-state index is 12.8. The quantitative estimate of drug-likeness (QED) is 0.785. The molecule has 122 valence electrons. The topological polar surface area (TPSA) is 81.1 Å². The zero-order chi connectivity index (χ0) is 16.0. The Morgan fingerprint density at radius 2 is 1.76 bits per heavy atom. The highest BCUT2D eigenvalue weighted by molar-refractivity contribution is 5.85. The fraction of sp³-hybridized carbons (Fsp3) is 0.867. The van der Waals surface area contributed by atoms with Crippen LogP contribution in [0.4, 0.5) is 4.79 Å². The lowest BCUT2D eigenvalue weighted by Gasteiger charge is -2.41. The summed E-state index contributed by atoms with van der Waals surface area (Å²) in [5, 5.41) is 18.6. The number of carboxylic acids is 1. The minimum atomic E-state index is -1.26. The van der Waals surface area contributed by atoms with E-state index in [2.05, 4.69) is 0 Å². The van der Waals surface area contributed by atoms with Crippen LogP contribution in [0.1, 0.15) is 52.9 Å². The van der Waals surface area contributed by atoms with Crippen molar-refractivity contribution in [2.75, 3.05) is 19.7 Å². The van der Waals surface area contributed by atoms with Crippen LogP contribution in [0.25, 0.3) is 0 Å². The summed E-state index contributed by atoms with van der Waals surface area (Å²) in [5.74, 6) is -1.02. The number of aliphatic hydroxyl groups excluding tert-OH is 1. The number of urea groups is 1. The van der Waals surface area contributed by atoms with Crippen molar-refractivity contribution < 1.29 is 19.8 Å². The number of nitrogens with zero attached hydrogens (tertiary/aromatic N) is 2. The number of aliphatic hydroxyl groups is 1. The number of aliphatic carboxylic acids is 1. The monoisotopic (exact) mass is 300 g/mol. The summed E-state index contributed by atoms with van der Waals surface area (Å²) in [6.07, 6.45) is 5.19. The molecule has 0 aromatic heterocycles. The van der Waals surface area contributed by atoms with E-state index in [1.807, 2.05) is 0 Å². The molecule has 6 nitrogen and oxygen atoms in total. The molecule has 1 fully saturated rings. The van der Waals surface area contributed by atoms with Crippen molar-refractivity contribution in [3.8, 4) is 0 Å². The van der Waals surface area contributed by atoms with Gasteiger partial charge in [-0.05, 0) is 33.6 Å². The van der Waals surface area contributed by atoms with Gasteiger partial charge in [0, 0.05) is 19.1 Å². The van der Waals surface area contributed by atoms with Gasteiger partial charge in [0.05, 0.1) is 6.61 Å². The van der Waals surface area contributed by atoms with Crippen LogP contribution in [0, 0.1) is 0 Å². The van der Waals surface area contributed by atoms with Crippen LogP contribution in [-0.2, 0) is 4.79 Å². The van der Waals surface area contributed by atoms with E-state index in [4.69, 9.17) is 0 Å². The molecule has 0 bridgehead atoms. The zero-order valence-corrected chi connectivity index (χ0v) is 13.3. The average Bonchev–Trinajstić information content (AvgIpc) is 2.45. The Balaban J connectivity index is 2.94. The molecule has 0 aliphatic heterocycles. The first-order valence-corrected chi connectivity index (χ1v) is 7.78. The van der Waals surface area contributed by atoms with Gasteiger partial charge in [0.2, 0.25) is 0 Å². The summed E-state index contributed by atoms with van der Waals surface area (Å²) >= 11 is 0. The van der Waals surface area contributed by atoms with E-state index in [-0.39, 0.29) is 25.2 Å². The fourth-order valence-electron chi connectivity index (χ4n) is 2.98. The molecule has 0 saturated heterocycles. The van der Waals surface area contributed by atoms with Crippen LogP contribution in [0.3, 0.4) is 0 Å². The smallest absolute Gasteiger partial charge is 0.329 e. The average molecular weight is 300 g/mol. The second-order valence-corrected chi connectivity index (χ2v) is 6.10. The van der Waals surface area contributed by atoms with Gasteiger partial charge in [0.1, 0.15) is 5.54 Å². The molecule has 0 aromatic rings. The highest BCUT2D eigenvalue weighted by Gasteiger charge is 2.40. The number of carbonyl (C=O) groups excluding carboxylic acids is 1. The maximum absolute atomic E-state index is 12.8. The summed E-state index contributed by atoms with van der Waals surface area (Å²) in [7, 11) is 0. The third-order valence-corrected chi connectivity index (χ3v) is 4.35. The molecular formula is C15H28N2O4. The highest BCUT2D eigenvalue weighted by Crippen LogP contribution is 2.25. The summed E-state index contributed by atoms with van der Waals surface area (Å²) in [6, 6.07) is -0.178. The molecular weight excluding hydrogens is 272 g/mol. The molecule has 1 saturated carbocycles. The number of likely N-dealkylation sites (N-methyl/N-ethyl adjacent to an activating group) is 1. The lowest BCUT2D eigenvalue weighted by atomic mass is 9.94. The second kappa shape index (κ2) is 7.64. The van der Waals surface area contributed by atoms with Crippen LogP contribution in [0.5, 0.6) is 0 Å².